The number of nitrogens with zero attached hydrogens (tertiary/aromatic N) is 1. The van der Waals surface area contributed by atoms with E-state index in [2.05, 4.69) is 32.0 Å². The Bertz CT molecular complexity index is 257. The van der Waals surface area contributed by atoms with Crippen molar-refractivity contribution in [2.45, 2.75) is 13.8 Å². The van der Waals surface area contributed by atoms with E-state index in [1.807, 2.05) is 0 Å². The Labute approximate surface area is 80.6 Å². The highest BCUT2D eigenvalue weighted by molar-refractivity contribution is 6.10. The van der Waals surface area contributed by atoms with Crippen molar-refractivity contribution in [1.29, 1.82) is 0 Å². The molecule has 0 bridgehead atoms. The zero-order valence-electron chi connectivity index (χ0n) is 8.67. The van der Waals surface area contributed by atoms with Crippen molar-refractivity contribution in [1.82, 2.24) is 0 Å². The maximum Gasteiger partial charge on any atom is 0.0654 e. The molecule has 0 aromatic carbocycles. The topological polar surface area (TPSA) is 38.4 Å². The second-order valence-corrected chi connectivity index (χ2v) is 3.07. The molecule has 0 heterocycles. The van der Waals surface area contributed by atoms with E-state index in [-0.39, 0.29) is 0 Å². The first-order valence-electron chi connectivity index (χ1n) is 4.29. The highest BCUT2D eigenvalue weighted by Crippen LogP contribution is 2.18. The summed E-state index contributed by atoms with van der Waals surface area (Å²) in [4.78, 5) is 4.07. The molecule has 0 aromatic heterocycles. The number of hydrogen-bond acceptors (Lipinski definition) is 2. The summed E-state index contributed by atoms with van der Waals surface area (Å²) in [6, 6.07) is 0. The van der Waals surface area contributed by atoms with Gasteiger partial charge in [-0.3, -0.25) is 4.99 Å². The van der Waals surface area contributed by atoms with Crippen LogP contribution in [0.4, 0.5) is 0 Å². The van der Waals surface area contributed by atoms with Crippen molar-refractivity contribution >= 4 is 5.71 Å². The van der Waals surface area contributed by atoms with Gasteiger partial charge in [0, 0.05) is 18.8 Å². The van der Waals surface area contributed by atoms with Crippen LogP contribution in [-0.4, -0.2) is 12.8 Å². The highest BCUT2D eigenvalue weighted by atomic mass is 14.7. The normalized spacial score (nSPS) is 13.2. The maximum absolute atomic E-state index is 5.51. The van der Waals surface area contributed by atoms with Gasteiger partial charge in [0.2, 0.25) is 0 Å². The maximum atomic E-state index is 5.51. The Hall–Kier alpha value is -1.31. The molecule has 2 N–H and O–H groups in total. The van der Waals surface area contributed by atoms with Crippen molar-refractivity contribution < 1.29 is 0 Å². The van der Waals surface area contributed by atoms with Crippen LogP contribution in [0, 0.1) is 5.92 Å². The lowest BCUT2D eigenvalue weighted by Gasteiger charge is -2.13. The minimum absolute atomic E-state index is 0.367. The molecule has 0 spiro atoms. The van der Waals surface area contributed by atoms with E-state index < -0.39 is 0 Å². The zero-order valence-corrected chi connectivity index (χ0v) is 8.67. The fourth-order valence-electron chi connectivity index (χ4n) is 0.990. The summed E-state index contributed by atoms with van der Waals surface area (Å²) in [7, 11) is 1.72. The predicted molar refractivity (Wildman–Crippen MR) is 59.8 cm³/mol. The van der Waals surface area contributed by atoms with Gasteiger partial charge in [-0.15, -0.1) is 0 Å². The molecule has 0 saturated heterocycles. The van der Waals surface area contributed by atoms with Gasteiger partial charge >= 0.3 is 0 Å². The average Bonchev–Trinajstić information content (AvgIpc) is 2.12. The van der Waals surface area contributed by atoms with Crippen molar-refractivity contribution in [3.05, 3.63) is 36.6 Å². The van der Waals surface area contributed by atoms with Crippen molar-refractivity contribution in [2.75, 3.05) is 7.05 Å². The van der Waals surface area contributed by atoms with Crippen LogP contribution in [0.2, 0.25) is 0 Å². The molecular weight excluding hydrogens is 160 g/mol. The van der Waals surface area contributed by atoms with Gasteiger partial charge < -0.3 is 5.73 Å². The number of rotatable bonds is 4. The van der Waals surface area contributed by atoms with Crippen LogP contribution in [0.5, 0.6) is 0 Å². The lowest BCUT2D eigenvalue weighted by Crippen LogP contribution is -2.08. The van der Waals surface area contributed by atoms with Gasteiger partial charge in [-0.05, 0) is 17.6 Å². The molecule has 13 heavy (non-hydrogen) atoms. The molecule has 0 aliphatic heterocycles. The van der Waals surface area contributed by atoms with Gasteiger partial charge in [0.05, 0.1) is 5.71 Å². The van der Waals surface area contributed by atoms with Crippen molar-refractivity contribution in [3.8, 4) is 0 Å². The van der Waals surface area contributed by atoms with Gasteiger partial charge in [0.25, 0.3) is 0 Å². The molecule has 0 amide bonds. The third-order valence-electron chi connectivity index (χ3n) is 1.92. The molecule has 0 fully saturated rings. The Balaban J connectivity index is 4.93. The number of allylic oxidation sites excluding steroid dienone is 3. The van der Waals surface area contributed by atoms with Crippen LogP contribution in [0.25, 0.3) is 0 Å². The summed E-state index contributed by atoms with van der Waals surface area (Å²) in [5.41, 5.74) is 8.18. The molecule has 72 valence electrons. The molecule has 0 aliphatic rings. The summed E-state index contributed by atoms with van der Waals surface area (Å²) < 4.78 is 0. The third-order valence-corrected chi connectivity index (χ3v) is 1.92. The lowest BCUT2D eigenvalue weighted by molar-refractivity contribution is 0.788. The summed E-state index contributed by atoms with van der Waals surface area (Å²) in [6.45, 7) is 11.8. The third kappa shape index (κ3) is 2.90. The van der Waals surface area contributed by atoms with Crippen molar-refractivity contribution in [2.24, 2.45) is 16.6 Å². The van der Waals surface area contributed by atoms with Crippen LogP contribution in [0.1, 0.15) is 13.8 Å². The van der Waals surface area contributed by atoms with E-state index in [0.29, 0.717) is 5.92 Å². The van der Waals surface area contributed by atoms with E-state index in [9.17, 15) is 0 Å². The lowest BCUT2D eigenvalue weighted by atomic mass is 9.94. The molecule has 2 nitrogen and oxygen atoms in total. The van der Waals surface area contributed by atoms with Gasteiger partial charge in [0.15, 0.2) is 0 Å². The molecular formula is C11H18N2. The average molecular weight is 178 g/mol. The molecule has 0 saturated carbocycles. The molecule has 2 heteroatoms. The largest absolute Gasteiger partial charge is 0.404 e. The van der Waals surface area contributed by atoms with Crippen LogP contribution in [-0.2, 0) is 0 Å². The van der Waals surface area contributed by atoms with Gasteiger partial charge in [-0.2, -0.15) is 0 Å². The number of nitrogens with two attached hydrogens (primary N) is 1. The Morgan fingerprint density at radius 2 is 2.00 bits per heavy atom. The monoisotopic (exact) mass is 178 g/mol. The van der Waals surface area contributed by atoms with E-state index in [4.69, 9.17) is 5.73 Å². The molecule has 0 rings (SSSR count). The fourth-order valence-corrected chi connectivity index (χ4v) is 0.990. The number of hydrogen-bond donors (Lipinski definition) is 1. The molecule has 0 aliphatic carbocycles. The summed E-state index contributed by atoms with van der Waals surface area (Å²) in [5, 5.41) is 0. The van der Waals surface area contributed by atoms with Crippen LogP contribution >= 0.6 is 0 Å². The summed E-state index contributed by atoms with van der Waals surface area (Å²) >= 11 is 0. The van der Waals surface area contributed by atoms with E-state index >= 15 is 0 Å². The first-order chi connectivity index (χ1) is 6.08. The predicted octanol–water partition coefficient (Wildman–Crippen LogP) is 2.30. The van der Waals surface area contributed by atoms with Crippen LogP contribution in [0.15, 0.2) is 41.6 Å². The highest BCUT2D eigenvalue weighted by Gasteiger charge is 2.09. The smallest absolute Gasteiger partial charge is 0.0654 e. The van der Waals surface area contributed by atoms with E-state index in [0.717, 1.165) is 16.9 Å². The van der Waals surface area contributed by atoms with Crippen LogP contribution < -0.4 is 5.73 Å². The molecule has 0 unspecified atom stereocenters. The quantitative estimate of drug-likeness (QED) is 0.520. The Morgan fingerprint density at radius 1 is 1.46 bits per heavy atom. The number of aliphatic imine (C=N–C) groups is 1. The second-order valence-electron chi connectivity index (χ2n) is 3.07. The zero-order chi connectivity index (χ0) is 10.4. The summed E-state index contributed by atoms with van der Waals surface area (Å²) in [6.07, 6.45) is 3.22. The molecule has 0 atom stereocenters. The van der Waals surface area contributed by atoms with E-state index in [1.165, 1.54) is 6.20 Å². The SMILES string of the molecule is C=CC(=NC)/C(=C\N)C(=C)C(C)C. The van der Waals surface area contributed by atoms with Crippen molar-refractivity contribution in [3.63, 3.8) is 0 Å². The first-order valence-corrected chi connectivity index (χ1v) is 4.29. The minimum atomic E-state index is 0.367. The minimum Gasteiger partial charge on any atom is -0.404 e. The first kappa shape index (κ1) is 11.7. The fraction of sp³-hybridized carbons (Fsp3) is 0.364. The van der Waals surface area contributed by atoms with Gasteiger partial charge in [-0.1, -0.05) is 27.0 Å². The van der Waals surface area contributed by atoms with Gasteiger partial charge in [0.1, 0.15) is 0 Å². The standard InChI is InChI=1S/C11H18N2/c1-6-11(13-5)10(7-12)9(4)8(2)3/h6-8H,1,4,12H2,2-3,5H3/b10-7-,13-11?. The van der Waals surface area contributed by atoms with E-state index in [1.54, 1.807) is 13.1 Å². The Kier molecular flexibility index (Phi) is 4.82. The van der Waals surface area contributed by atoms with Crippen LogP contribution in [0.3, 0.4) is 0 Å². The Morgan fingerprint density at radius 3 is 2.23 bits per heavy atom. The molecule has 0 radical (unpaired) electrons. The summed E-state index contributed by atoms with van der Waals surface area (Å²) in [5.74, 6) is 0.367. The second kappa shape index (κ2) is 5.36. The van der Waals surface area contributed by atoms with Gasteiger partial charge in [-0.25, -0.2) is 0 Å². The molecule has 0 aromatic rings.